The lowest BCUT2D eigenvalue weighted by Crippen LogP contribution is -2.20. The number of anilines is 2. The van der Waals surface area contributed by atoms with Gasteiger partial charge in [-0.05, 0) is 48.6 Å². The van der Waals surface area contributed by atoms with E-state index in [2.05, 4.69) is 29.5 Å². The molecule has 3 aromatic rings. The predicted octanol–water partition coefficient (Wildman–Crippen LogP) is 5.19. The third-order valence-electron chi connectivity index (χ3n) is 5.14. The molecular formula is C23H23N3O2S. The number of fused-ring (bicyclic) bond motifs is 1. The predicted molar refractivity (Wildman–Crippen MR) is 117 cm³/mol. The summed E-state index contributed by atoms with van der Waals surface area (Å²) in [5.41, 5.74) is 3.40. The number of nitrogens with zero attached hydrogens (tertiary/aromatic N) is 1. The molecule has 2 amide bonds. The number of hydrogen-bond acceptors (Lipinski definition) is 4. The molecule has 1 atom stereocenters. The largest absolute Gasteiger partial charge is 0.326 e. The van der Waals surface area contributed by atoms with Crippen LogP contribution in [0.5, 0.6) is 0 Å². The fraction of sp³-hybridized carbons (Fsp3) is 0.261. The number of hydrogen-bond donors (Lipinski definition) is 2. The summed E-state index contributed by atoms with van der Waals surface area (Å²) < 4.78 is 0. The molecule has 1 aliphatic rings. The van der Waals surface area contributed by atoms with Gasteiger partial charge in [0.1, 0.15) is 0 Å². The molecule has 0 unspecified atom stereocenters. The van der Waals surface area contributed by atoms with E-state index in [9.17, 15) is 9.59 Å². The highest BCUT2D eigenvalue weighted by molar-refractivity contribution is 7.16. The van der Waals surface area contributed by atoms with Crippen LogP contribution in [0, 0.1) is 0 Å². The maximum atomic E-state index is 12.8. The second kappa shape index (κ2) is 8.17. The maximum absolute atomic E-state index is 12.8. The lowest BCUT2D eigenvalue weighted by Gasteiger charge is -2.12. The van der Waals surface area contributed by atoms with Gasteiger partial charge in [-0.3, -0.25) is 14.9 Å². The molecule has 0 aliphatic heterocycles. The van der Waals surface area contributed by atoms with Crippen LogP contribution < -0.4 is 10.6 Å². The van der Waals surface area contributed by atoms with Gasteiger partial charge in [0.05, 0.1) is 11.6 Å². The summed E-state index contributed by atoms with van der Waals surface area (Å²) >= 11 is 1.45. The van der Waals surface area contributed by atoms with Crippen LogP contribution in [0.2, 0.25) is 0 Å². The van der Waals surface area contributed by atoms with Crippen molar-refractivity contribution in [1.29, 1.82) is 0 Å². The lowest BCUT2D eigenvalue weighted by molar-refractivity contribution is -0.117. The SMILES string of the molecule is CC(C)c1ccc(NC(=O)[C@@H]2CCc3sc(NC(=O)c4ccccc4)nc32)cc1. The van der Waals surface area contributed by atoms with Crippen LogP contribution in [0.3, 0.4) is 0 Å². The molecular weight excluding hydrogens is 382 g/mol. The zero-order valence-electron chi connectivity index (χ0n) is 16.4. The molecule has 1 aromatic heterocycles. The monoisotopic (exact) mass is 405 g/mol. The maximum Gasteiger partial charge on any atom is 0.257 e. The Morgan fingerprint density at radius 3 is 2.45 bits per heavy atom. The molecule has 4 rings (SSSR count). The average Bonchev–Trinajstić information content (AvgIpc) is 3.29. The Hall–Kier alpha value is -2.99. The smallest absolute Gasteiger partial charge is 0.257 e. The highest BCUT2D eigenvalue weighted by atomic mass is 32.1. The number of carbonyl (C=O) groups is 2. The topological polar surface area (TPSA) is 71.1 Å². The molecule has 2 aromatic carbocycles. The Kier molecular flexibility index (Phi) is 5.45. The molecule has 5 nitrogen and oxygen atoms in total. The Morgan fingerprint density at radius 2 is 1.76 bits per heavy atom. The van der Waals surface area contributed by atoms with Crippen molar-refractivity contribution >= 4 is 34.0 Å². The van der Waals surface area contributed by atoms with Gasteiger partial charge in [0.25, 0.3) is 5.91 Å². The Morgan fingerprint density at radius 1 is 1.03 bits per heavy atom. The van der Waals surface area contributed by atoms with Gasteiger partial charge in [-0.25, -0.2) is 4.98 Å². The molecule has 0 radical (unpaired) electrons. The number of amides is 2. The van der Waals surface area contributed by atoms with E-state index in [-0.39, 0.29) is 17.7 Å². The van der Waals surface area contributed by atoms with E-state index in [1.807, 2.05) is 42.5 Å². The fourth-order valence-corrected chi connectivity index (χ4v) is 4.51. The zero-order chi connectivity index (χ0) is 20.4. The van der Waals surface area contributed by atoms with Crippen LogP contribution in [0.15, 0.2) is 54.6 Å². The average molecular weight is 406 g/mol. The van der Waals surface area contributed by atoms with E-state index in [4.69, 9.17) is 0 Å². The summed E-state index contributed by atoms with van der Waals surface area (Å²) in [7, 11) is 0. The summed E-state index contributed by atoms with van der Waals surface area (Å²) in [5, 5.41) is 6.40. The quantitative estimate of drug-likeness (QED) is 0.614. The van der Waals surface area contributed by atoms with Gasteiger partial charge in [-0.1, -0.05) is 44.2 Å². The number of aryl methyl sites for hydroxylation is 1. The van der Waals surface area contributed by atoms with E-state index in [1.165, 1.54) is 16.9 Å². The third-order valence-corrected chi connectivity index (χ3v) is 6.18. The van der Waals surface area contributed by atoms with Gasteiger partial charge in [-0.15, -0.1) is 11.3 Å². The number of carbonyl (C=O) groups excluding carboxylic acids is 2. The summed E-state index contributed by atoms with van der Waals surface area (Å²) in [4.78, 5) is 30.8. The van der Waals surface area contributed by atoms with Crippen molar-refractivity contribution in [1.82, 2.24) is 4.98 Å². The first-order valence-electron chi connectivity index (χ1n) is 9.78. The first-order chi connectivity index (χ1) is 14.0. The molecule has 6 heteroatoms. The van der Waals surface area contributed by atoms with Crippen LogP contribution in [0.1, 0.15) is 58.6 Å². The Balaban J connectivity index is 1.44. The number of aromatic nitrogens is 1. The van der Waals surface area contributed by atoms with E-state index < -0.39 is 0 Å². The standard InChI is InChI=1S/C23H23N3O2S/c1-14(2)15-8-10-17(11-9-15)24-22(28)18-12-13-19-20(18)25-23(29-19)26-21(27)16-6-4-3-5-7-16/h3-11,14,18H,12-13H2,1-2H3,(H,24,28)(H,25,26,27)/t18-/m1/s1. The molecule has 0 spiro atoms. The van der Waals surface area contributed by atoms with Crippen molar-refractivity contribution in [3.05, 3.63) is 76.3 Å². The molecule has 0 saturated carbocycles. The van der Waals surface area contributed by atoms with Crippen LogP contribution in [0.25, 0.3) is 0 Å². The van der Waals surface area contributed by atoms with Crippen LogP contribution in [-0.4, -0.2) is 16.8 Å². The second-order valence-corrected chi connectivity index (χ2v) is 8.59. The molecule has 0 fully saturated rings. The minimum Gasteiger partial charge on any atom is -0.326 e. The number of rotatable bonds is 5. The van der Waals surface area contributed by atoms with Crippen LogP contribution >= 0.6 is 11.3 Å². The van der Waals surface area contributed by atoms with E-state index in [1.54, 1.807) is 12.1 Å². The summed E-state index contributed by atoms with van der Waals surface area (Å²) in [6.07, 6.45) is 1.55. The first kappa shape index (κ1) is 19.3. The zero-order valence-corrected chi connectivity index (χ0v) is 17.3. The minimum atomic E-state index is -0.284. The molecule has 29 heavy (non-hydrogen) atoms. The van der Waals surface area contributed by atoms with Gasteiger partial charge in [-0.2, -0.15) is 0 Å². The molecule has 1 aliphatic carbocycles. The third kappa shape index (κ3) is 4.22. The van der Waals surface area contributed by atoms with E-state index in [0.29, 0.717) is 16.6 Å². The van der Waals surface area contributed by atoms with Gasteiger partial charge in [0.15, 0.2) is 5.13 Å². The van der Waals surface area contributed by atoms with Gasteiger partial charge in [0.2, 0.25) is 5.91 Å². The highest BCUT2D eigenvalue weighted by Crippen LogP contribution is 2.39. The van der Waals surface area contributed by atoms with E-state index >= 15 is 0 Å². The summed E-state index contributed by atoms with van der Waals surface area (Å²) in [5.74, 6) is -0.0679. The number of benzene rings is 2. The van der Waals surface area contributed by atoms with Crippen molar-refractivity contribution in [3.8, 4) is 0 Å². The first-order valence-corrected chi connectivity index (χ1v) is 10.6. The molecule has 2 N–H and O–H groups in total. The highest BCUT2D eigenvalue weighted by Gasteiger charge is 2.33. The van der Waals surface area contributed by atoms with Crippen molar-refractivity contribution in [2.75, 3.05) is 10.6 Å². The van der Waals surface area contributed by atoms with Gasteiger partial charge in [0, 0.05) is 16.1 Å². The van der Waals surface area contributed by atoms with Crippen LogP contribution in [0.4, 0.5) is 10.8 Å². The fourth-order valence-electron chi connectivity index (χ4n) is 3.48. The summed E-state index contributed by atoms with van der Waals surface area (Å²) in [6, 6.07) is 17.0. The number of thiazole rings is 1. The second-order valence-electron chi connectivity index (χ2n) is 7.50. The normalized spacial score (nSPS) is 15.2. The van der Waals surface area contributed by atoms with Gasteiger partial charge >= 0.3 is 0 Å². The molecule has 148 valence electrons. The molecule has 0 bridgehead atoms. The number of nitrogens with one attached hydrogen (secondary N) is 2. The molecule has 1 heterocycles. The van der Waals surface area contributed by atoms with Crippen molar-refractivity contribution in [3.63, 3.8) is 0 Å². The van der Waals surface area contributed by atoms with Crippen LogP contribution in [-0.2, 0) is 11.2 Å². The summed E-state index contributed by atoms with van der Waals surface area (Å²) in [6.45, 7) is 4.29. The van der Waals surface area contributed by atoms with Crippen molar-refractivity contribution in [2.45, 2.75) is 38.5 Å². The molecule has 0 saturated heterocycles. The minimum absolute atomic E-state index is 0.0488. The Labute approximate surface area is 174 Å². The van der Waals surface area contributed by atoms with E-state index in [0.717, 1.165) is 29.1 Å². The van der Waals surface area contributed by atoms with Crippen molar-refractivity contribution < 1.29 is 9.59 Å². The lowest BCUT2D eigenvalue weighted by atomic mass is 10.0. The van der Waals surface area contributed by atoms with Crippen molar-refractivity contribution in [2.24, 2.45) is 0 Å². The van der Waals surface area contributed by atoms with Gasteiger partial charge < -0.3 is 5.32 Å². The Bertz CT molecular complexity index is 1030.